The molecule has 3 saturated heterocycles. The zero-order valence-electron chi connectivity index (χ0n) is 27.4. The Hall–Kier alpha value is -3.89. The number of fused-ring (bicyclic) bond motifs is 1. The molecule has 4 aliphatic rings. The number of likely N-dealkylation sites (tertiary alicyclic amines) is 1. The molecule has 1 spiro atoms. The van der Waals surface area contributed by atoms with Crippen LogP contribution in [0.4, 0.5) is 21.3 Å². The van der Waals surface area contributed by atoms with E-state index in [2.05, 4.69) is 52.0 Å². The number of nitrogen functional groups attached to an aromatic ring is 1. The molecule has 3 aromatic heterocycles. The lowest BCUT2D eigenvalue weighted by atomic mass is 9.72. The topological polar surface area (TPSA) is 141 Å². The number of nitriles is 1. The average molecular weight is 646 g/mol. The minimum atomic E-state index is -0.596. The van der Waals surface area contributed by atoms with Crippen LogP contribution in [-0.4, -0.2) is 96.0 Å². The van der Waals surface area contributed by atoms with Gasteiger partial charge in [-0.25, -0.2) is 9.78 Å². The lowest BCUT2D eigenvalue weighted by Gasteiger charge is -2.47. The summed E-state index contributed by atoms with van der Waals surface area (Å²) in [7, 11) is 2.15. The van der Waals surface area contributed by atoms with Crippen molar-refractivity contribution in [2.45, 2.75) is 64.4 Å². The Bertz CT molecular complexity index is 1690. The van der Waals surface area contributed by atoms with Crippen LogP contribution in [0, 0.1) is 16.7 Å². The Kier molecular flexibility index (Phi) is 7.44. The van der Waals surface area contributed by atoms with Gasteiger partial charge in [-0.1, -0.05) is 5.16 Å². The predicted molar refractivity (Wildman–Crippen MR) is 177 cm³/mol. The highest BCUT2D eigenvalue weighted by Gasteiger charge is 2.50. The number of ether oxygens (including phenoxy) is 1. The van der Waals surface area contributed by atoms with Crippen molar-refractivity contribution in [1.29, 1.82) is 5.26 Å². The number of rotatable bonds is 4. The zero-order chi connectivity index (χ0) is 32.4. The van der Waals surface area contributed by atoms with E-state index in [1.54, 1.807) is 0 Å². The normalized spacial score (nSPS) is 22.9. The van der Waals surface area contributed by atoms with E-state index in [1.165, 1.54) is 11.3 Å². The second-order valence-electron chi connectivity index (χ2n) is 14.7. The average Bonchev–Trinajstić information content (AvgIpc) is 3.73. The van der Waals surface area contributed by atoms with E-state index in [0.29, 0.717) is 41.1 Å². The summed E-state index contributed by atoms with van der Waals surface area (Å²) in [5.41, 5.74) is 8.42. The van der Waals surface area contributed by atoms with Gasteiger partial charge >= 0.3 is 6.09 Å². The van der Waals surface area contributed by atoms with E-state index >= 15 is 0 Å². The van der Waals surface area contributed by atoms with Crippen molar-refractivity contribution >= 4 is 33.9 Å². The summed E-state index contributed by atoms with van der Waals surface area (Å²) >= 11 is 1.50. The number of hydrogen-bond acceptors (Lipinski definition) is 12. The molecule has 3 fully saturated rings. The van der Waals surface area contributed by atoms with Gasteiger partial charge < -0.3 is 34.6 Å². The quantitative estimate of drug-likeness (QED) is 0.429. The molecule has 0 radical (unpaired) electrons. The van der Waals surface area contributed by atoms with E-state index in [4.69, 9.17) is 25.0 Å². The van der Waals surface area contributed by atoms with Gasteiger partial charge in [0, 0.05) is 80.0 Å². The Morgan fingerprint density at radius 2 is 1.85 bits per heavy atom. The third kappa shape index (κ3) is 5.45. The molecule has 1 unspecified atom stereocenters. The molecule has 0 aromatic carbocycles. The third-order valence-electron chi connectivity index (χ3n) is 10.0. The summed E-state index contributed by atoms with van der Waals surface area (Å²) in [4.78, 5) is 32.7. The molecule has 13 heteroatoms. The maximum Gasteiger partial charge on any atom is 0.410 e. The van der Waals surface area contributed by atoms with E-state index in [0.717, 1.165) is 86.9 Å². The number of pyridine rings is 1. The van der Waals surface area contributed by atoms with E-state index in [-0.39, 0.29) is 11.5 Å². The van der Waals surface area contributed by atoms with Crippen LogP contribution in [0.25, 0.3) is 11.5 Å². The third-order valence-corrected chi connectivity index (χ3v) is 11.1. The van der Waals surface area contributed by atoms with Crippen LogP contribution < -0.4 is 15.5 Å². The SMILES string of the molecule is CN1CCN(c2cc(N3CCC4(CN(C(=O)OC(C)(C)C)C4)C3)cc(-c3noc(C4(C)CCCc5sc(N)c(C#N)c54)n3)n2)CC1. The number of hydrogen-bond donors (Lipinski definition) is 1. The van der Waals surface area contributed by atoms with Gasteiger partial charge in [-0.3, -0.25) is 0 Å². The van der Waals surface area contributed by atoms with Crippen LogP contribution in [-0.2, 0) is 16.6 Å². The molecule has 7 rings (SSSR count). The predicted octanol–water partition coefficient (Wildman–Crippen LogP) is 4.49. The molecule has 46 heavy (non-hydrogen) atoms. The van der Waals surface area contributed by atoms with Gasteiger partial charge in [0.1, 0.15) is 28.2 Å². The highest BCUT2D eigenvalue weighted by Crippen LogP contribution is 2.49. The van der Waals surface area contributed by atoms with Gasteiger partial charge in [-0.05, 0) is 66.5 Å². The summed E-state index contributed by atoms with van der Waals surface area (Å²) in [5.74, 6) is 1.83. The van der Waals surface area contributed by atoms with Gasteiger partial charge in [-0.2, -0.15) is 10.2 Å². The first-order chi connectivity index (χ1) is 21.9. The van der Waals surface area contributed by atoms with Gasteiger partial charge in [-0.15, -0.1) is 11.3 Å². The second-order valence-corrected chi connectivity index (χ2v) is 15.9. The fraction of sp³-hybridized carbons (Fsp3) is 0.606. The molecule has 3 aromatic rings. The first kappa shape index (κ1) is 30.7. The molecular weight excluding hydrogens is 602 g/mol. The molecule has 0 bridgehead atoms. The number of nitrogens with two attached hydrogens (primary N) is 1. The summed E-state index contributed by atoms with van der Waals surface area (Å²) in [6, 6.07) is 6.57. The lowest BCUT2D eigenvalue weighted by molar-refractivity contribution is -0.0266. The summed E-state index contributed by atoms with van der Waals surface area (Å²) in [5, 5.41) is 14.9. The summed E-state index contributed by atoms with van der Waals surface area (Å²) in [6.07, 6.45) is 3.41. The van der Waals surface area contributed by atoms with Gasteiger partial charge in [0.05, 0.1) is 11.0 Å². The molecular formula is C33H43N9O3S. The summed E-state index contributed by atoms with van der Waals surface area (Å²) in [6.45, 7) is 14.6. The second kappa shape index (κ2) is 11.1. The van der Waals surface area contributed by atoms with Crippen LogP contribution in [0.15, 0.2) is 16.7 Å². The Labute approximate surface area is 274 Å². The maximum atomic E-state index is 12.6. The van der Waals surface area contributed by atoms with Gasteiger partial charge in [0.25, 0.3) is 0 Å². The van der Waals surface area contributed by atoms with Crippen molar-refractivity contribution in [2.75, 3.05) is 74.9 Å². The monoisotopic (exact) mass is 645 g/mol. The van der Waals surface area contributed by atoms with Crippen LogP contribution in [0.3, 0.4) is 0 Å². The fourth-order valence-electron chi connectivity index (χ4n) is 7.49. The highest BCUT2D eigenvalue weighted by atomic mass is 32.1. The molecule has 1 amide bonds. The number of piperazine rings is 1. The zero-order valence-corrected chi connectivity index (χ0v) is 28.2. The van der Waals surface area contributed by atoms with Crippen molar-refractivity contribution in [1.82, 2.24) is 24.9 Å². The van der Waals surface area contributed by atoms with Crippen molar-refractivity contribution in [3.63, 3.8) is 0 Å². The minimum absolute atomic E-state index is 0.0573. The molecule has 2 N–H and O–H groups in total. The Balaban J connectivity index is 1.18. The number of aryl methyl sites for hydroxylation is 1. The van der Waals surface area contributed by atoms with Crippen molar-refractivity contribution in [2.24, 2.45) is 5.41 Å². The molecule has 6 heterocycles. The molecule has 1 atom stereocenters. The van der Waals surface area contributed by atoms with Crippen molar-refractivity contribution in [3.05, 3.63) is 34.0 Å². The van der Waals surface area contributed by atoms with Crippen LogP contribution >= 0.6 is 11.3 Å². The number of anilines is 3. The number of likely N-dealkylation sites (N-methyl/N-ethyl adjacent to an activating group) is 1. The molecule has 1 aliphatic carbocycles. The largest absolute Gasteiger partial charge is 0.444 e. The number of thiophene rings is 1. The molecule has 3 aliphatic heterocycles. The molecule has 244 valence electrons. The smallest absolute Gasteiger partial charge is 0.410 e. The van der Waals surface area contributed by atoms with E-state index < -0.39 is 11.0 Å². The lowest BCUT2D eigenvalue weighted by Crippen LogP contribution is -2.60. The molecule has 12 nitrogen and oxygen atoms in total. The van der Waals surface area contributed by atoms with E-state index in [9.17, 15) is 10.1 Å². The van der Waals surface area contributed by atoms with Crippen LogP contribution in [0.5, 0.6) is 0 Å². The highest BCUT2D eigenvalue weighted by molar-refractivity contribution is 7.16. The number of aromatic nitrogens is 3. The van der Waals surface area contributed by atoms with Gasteiger partial charge in [0.2, 0.25) is 11.7 Å². The molecule has 0 saturated carbocycles. The number of amides is 1. The van der Waals surface area contributed by atoms with Gasteiger partial charge in [0.15, 0.2) is 0 Å². The Morgan fingerprint density at radius 3 is 2.57 bits per heavy atom. The first-order valence-corrected chi connectivity index (χ1v) is 17.0. The van der Waals surface area contributed by atoms with Crippen molar-refractivity contribution < 1.29 is 14.1 Å². The number of carbonyl (C=O) groups excluding carboxylic acids is 1. The number of nitrogens with zero attached hydrogens (tertiary/aromatic N) is 8. The maximum absolute atomic E-state index is 12.6. The summed E-state index contributed by atoms with van der Waals surface area (Å²) < 4.78 is 11.6. The first-order valence-electron chi connectivity index (χ1n) is 16.2. The standard InChI is InChI=1S/C33H43N9O3S/c1-31(2,3)44-30(43)42-19-33(20-42)9-10-41(18-33)21-15-23(36-25(16-21)40-13-11-39(5)12-14-40)28-37-29(45-38-28)32(4)8-6-7-24-26(32)22(17-34)27(35)46-24/h15-16H,6-14,18-20,35H2,1-5H3. The van der Waals surface area contributed by atoms with E-state index in [1.807, 2.05) is 25.7 Å². The minimum Gasteiger partial charge on any atom is -0.444 e. The number of carbonyl (C=O) groups is 1. The fourth-order valence-corrected chi connectivity index (χ4v) is 8.68. The van der Waals surface area contributed by atoms with Crippen molar-refractivity contribution in [3.8, 4) is 17.6 Å². The van der Waals surface area contributed by atoms with Crippen LogP contribution in [0.1, 0.15) is 68.9 Å². The Morgan fingerprint density at radius 1 is 1.09 bits per heavy atom. The van der Waals surface area contributed by atoms with Crippen LogP contribution in [0.2, 0.25) is 0 Å².